The molecular formula is C11H21NO3S. The third-order valence-corrected chi connectivity index (χ3v) is 5.29. The van der Waals surface area contributed by atoms with Gasteiger partial charge in [0.15, 0.2) is 9.84 Å². The van der Waals surface area contributed by atoms with E-state index in [-0.39, 0.29) is 5.25 Å². The molecular weight excluding hydrogens is 226 g/mol. The molecule has 0 radical (unpaired) electrons. The first kappa shape index (κ1) is 12.3. The predicted molar refractivity (Wildman–Crippen MR) is 63.2 cm³/mol. The van der Waals surface area contributed by atoms with E-state index in [0.29, 0.717) is 5.92 Å². The zero-order chi connectivity index (χ0) is 11.6. The standard InChI is InChI=1S/C11H21NO3S/c1-16(13,14)11-2-5-12(9-11)8-10-3-6-15-7-4-10/h10-11H,2-9H2,1H3. The van der Waals surface area contributed by atoms with Crippen molar-refractivity contribution in [3.63, 3.8) is 0 Å². The Balaban J connectivity index is 1.80. The molecule has 0 spiro atoms. The van der Waals surface area contributed by atoms with Gasteiger partial charge in [-0.25, -0.2) is 8.42 Å². The molecule has 2 fully saturated rings. The smallest absolute Gasteiger partial charge is 0.151 e. The topological polar surface area (TPSA) is 46.6 Å². The number of sulfone groups is 1. The zero-order valence-electron chi connectivity index (χ0n) is 9.89. The van der Waals surface area contributed by atoms with Gasteiger partial charge >= 0.3 is 0 Å². The molecule has 2 rings (SSSR count). The van der Waals surface area contributed by atoms with Gasteiger partial charge in [0.1, 0.15) is 0 Å². The summed E-state index contributed by atoms with van der Waals surface area (Å²) in [6.07, 6.45) is 4.41. The van der Waals surface area contributed by atoms with Crippen molar-refractivity contribution in [2.24, 2.45) is 5.92 Å². The van der Waals surface area contributed by atoms with Crippen LogP contribution in [-0.2, 0) is 14.6 Å². The fourth-order valence-corrected chi connectivity index (χ4v) is 3.62. The summed E-state index contributed by atoms with van der Waals surface area (Å²) in [5, 5.41) is -0.132. The monoisotopic (exact) mass is 247 g/mol. The van der Waals surface area contributed by atoms with Crippen LogP contribution in [0.15, 0.2) is 0 Å². The van der Waals surface area contributed by atoms with E-state index < -0.39 is 9.84 Å². The Hall–Kier alpha value is -0.130. The highest BCUT2D eigenvalue weighted by Gasteiger charge is 2.31. The normalized spacial score (nSPS) is 29.7. The lowest BCUT2D eigenvalue weighted by molar-refractivity contribution is 0.0555. The molecule has 0 aromatic carbocycles. The van der Waals surface area contributed by atoms with Crippen molar-refractivity contribution < 1.29 is 13.2 Å². The molecule has 2 saturated heterocycles. The van der Waals surface area contributed by atoms with E-state index >= 15 is 0 Å². The molecule has 0 aromatic rings. The molecule has 0 bridgehead atoms. The van der Waals surface area contributed by atoms with Gasteiger partial charge in [-0.2, -0.15) is 0 Å². The van der Waals surface area contributed by atoms with Crippen molar-refractivity contribution in [1.29, 1.82) is 0 Å². The van der Waals surface area contributed by atoms with E-state index in [1.807, 2.05) is 0 Å². The van der Waals surface area contributed by atoms with E-state index in [0.717, 1.165) is 52.1 Å². The second kappa shape index (κ2) is 5.02. The third-order valence-electron chi connectivity index (χ3n) is 3.69. The lowest BCUT2D eigenvalue weighted by atomic mass is 10.00. The van der Waals surface area contributed by atoms with Crippen molar-refractivity contribution >= 4 is 9.84 Å². The minimum Gasteiger partial charge on any atom is -0.381 e. The average Bonchev–Trinajstić information content (AvgIpc) is 2.67. The zero-order valence-corrected chi connectivity index (χ0v) is 10.7. The van der Waals surface area contributed by atoms with Gasteiger partial charge in [-0.05, 0) is 31.7 Å². The summed E-state index contributed by atoms with van der Waals surface area (Å²) in [5.41, 5.74) is 0. The number of rotatable bonds is 3. The second-order valence-corrected chi connectivity index (χ2v) is 7.38. The Kier molecular flexibility index (Phi) is 3.87. The van der Waals surface area contributed by atoms with Gasteiger partial charge in [0, 0.05) is 32.6 Å². The van der Waals surface area contributed by atoms with E-state index in [9.17, 15) is 8.42 Å². The van der Waals surface area contributed by atoms with E-state index in [1.165, 1.54) is 6.26 Å². The van der Waals surface area contributed by atoms with Crippen LogP contribution in [0.25, 0.3) is 0 Å². The molecule has 1 atom stereocenters. The largest absolute Gasteiger partial charge is 0.381 e. The number of ether oxygens (including phenoxy) is 1. The Labute approximate surface area is 97.9 Å². The lowest BCUT2D eigenvalue weighted by Gasteiger charge is -2.26. The molecule has 5 heteroatoms. The molecule has 0 amide bonds. The average molecular weight is 247 g/mol. The summed E-state index contributed by atoms with van der Waals surface area (Å²) >= 11 is 0. The van der Waals surface area contributed by atoms with Crippen molar-refractivity contribution in [3.05, 3.63) is 0 Å². The van der Waals surface area contributed by atoms with Crippen LogP contribution in [-0.4, -0.2) is 57.7 Å². The minimum atomic E-state index is -2.84. The van der Waals surface area contributed by atoms with Crippen LogP contribution >= 0.6 is 0 Å². The Morgan fingerprint density at radius 1 is 1.25 bits per heavy atom. The highest BCUT2D eigenvalue weighted by atomic mass is 32.2. The van der Waals surface area contributed by atoms with E-state index in [1.54, 1.807) is 0 Å². The van der Waals surface area contributed by atoms with Gasteiger partial charge < -0.3 is 9.64 Å². The summed E-state index contributed by atoms with van der Waals surface area (Å²) in [6.45, 7) is 4.46. The molecule has 16 heavy (non-hydrogen) atoms. The first-order chi connectivity index (χ1) is 7.55. The second-order valence-electron chi connectivity index (χ2n) is 5.06. The molecule has 2 heterocycles. The number of nitrogens with zero attached hydrogens (tertiary/aromatic N) is 1. The van der Waals surface area contributed by atoms with Gasteiger partial charge in [-0.1, -0.05) is 0 Å². The maximum Gasteiger partial charge on any atom is 0.151 e. The van der Waals surface area contributed by atoms with Crippen molar-refractivity contribution in [3.8, 4) is 0 Å². The Morgan fingerprint density at radius 2 is 1.94 bits per heavy atom. The van der Waals surface area contributed by atoms with Crippen LogP contribution in [0.5, 0.6) is 0 Å². The number of likely N-dealkylation sites (tertiary alicyclic amines) is 1. The van der Waals surface area contributed by atoms with Gasteiger partial charge in [0.05, 0.1) is 5.25 Å². The minimum absolute atomic E-state index is 0.132. The molecule has 2 aliphatic rings. The van der Waals surface area contributed by atoms with Crippen LogP contribution in [0.2, 0.25) is 0 Å². The van der Waals surface area contributed by atoms with Crippen LogP contribution in [0.4, 0.5) is 0 Å². The van der Waals surface area contributed by atoms with E-state index in [2.05, 4.69) is 4.90 Å². The summed E-state index contributed by atoms with van der Waals surface area (Å²) in [5.74, 6) is 0.701. The summed E-state index contributed by atoms with van der Waals surface area (Å²) < 4.78 is 28.2. The quantitative estimate of drug-likeness (QED) is 0.730. The first-order valence-electron chi connectivity index (χ1n) is 6.04. The molecule has 4 nitrogen and oxygen atoms in total. The van der Waals surface area contributed by atoms with Gasteiger partial charge in [-0.15, -0.1) is 0 Å². The predicted octanol–water partition coefficient (Wildman–Crippen LogP) is 0.532. The van der Waals surface area contributed by atoms with Crippen LogP contribution in [0.3, 0.4) is 0 Å². The van der Waals surface area contributed by atoms with Crippen molar-refractivity contribution in [1.82, 2.24) is 4.90 Å². The molecule has 0 aliphatic carbocycles. The highest BCUT2D eigenvalue weighted by molar-refractivity contribution is 7.91. The highest BCUT2D eigenvalue weighted by Crippen LogP contribution is 2.21. The maximum absolute atomic E-state index is 11.4. The Morgan fingerprint density at radius 3 is 2.50 bits per heavy atom. The maximum atomic E-state index is 11.4. The molecule has 0 N–H and O–H groups in total. The summed E-state index contributed by atoms with van der Waals surface area (Å²) in [4.78, 5) is 2.31. The van der Waals surface area contributed by atoms with Crippen LogP contribution in [0.1, 0.15) is 19.3 Å². The van der Waals surface area contributed by atoms with Gasteiger partial charge in [0.2, 0.25) is 0 Å². The Bertz CT molecular complexity index is 322. The number of hydrogen-bond acceptors (Lipinski definition) is 4. The van der Waals surface area contributed by atoms with Gasteiger partial charge in [-0.3, -0.25) is 0 Å². The van der Waals surface area contributed by atoms with Gasteiger partial charge in [0.25, 0.3) is 0 Å². The SMILES string of the molecule is CS(=O)(=O)C1CCN(CC2CCOCC2)C1. The van der Waals surface area contributed by atoms with Crippen molar-refractivity contribution in [2.45, 2.75) is 24.5 Å². The molecule has 2 aliphatic heterocycles. The molecule has 0 saturated carbocycles. The molecule has 94 valence electrons. The van der Waals surface area contributed by atoms with Crippen LogP contribution < -0.4 is 0 Å². The molecule has 1 unspecified atom stereocenters. The van der Waals surface area contributed by atoms with Crippen molar-refractivity contribution in [2.75, 3.05) is 39.1 Å². The van der Waals surface area contributed by atoms with Crippen LogP contribution in [0, 0.1) is 5.92 Å². The summed E-state index contributed by atoms with van der Waals surface area (Å²) in [7, 11) is -2.84. The fourth-order valence-electron chi connectivity index (χ4n) is 2.61. The lowest BCUT2D eigenvalue weighted by Crippen LogP contribution is -2.32. The van der Waals surface area contributed by atoms with E-state index in [4.69, 9.17) is 4.74 Å². The molecule has 0 aromatic heterocycles. The number of hydrogen-bond donors (Lipinski definition) is 0. The summed E-state index contributed by atoms with van der Waals surface area (Å²) in [6, 6.07) is 0. The fraction of sp³-hybridized carbons (Fsp3) is 1.00. The third kappa shape index (κ3) is 3.18. The first-order valence-corrected chi connectivity index (χ1v) is 8.00.